The number of carbonyl (C=O) groups excluding carboxylic acids is 1. The van der Waals surface area contributed by atoms with Crippen LogP contribution in [0.3, 0.4) is 0 Å². The number of hydrogen-bond acceptors (Lipinski definition) is 3. The lowest BCUT2D eigenvalue weighted by atomic mass is 9.78. The molecular formula is C18H16BFN2O3. The Morgan fingerprint density at radius 1 is 1.36 bits per heavy atom. The van der Waals surface area contributed by atoms with E-state index in [2.05, 4.69) is 10.3 Å². The molecule has 1 aliphatic rings. The topological polar surface area (TPSA) is 74.4 Å². The zero-order valence-electron chi connectivity index (χ0n) is 13.4. The highest BCUT2D eigenvalue weighted by molar-refractivity contribution is 6.61. The molecule has 2 aromatic carbocycles. The highest BCUT2D eigenvalue weighted by Gasteiger charge is 2.29. The molecular weight excluding hydrogens is 322 g/mol. The van der Waals surface area contributed by atoms with Crippen LogP contribution in [0.25, 0.3) is 10.9 Å². The number of aromatic amines is 1. The van der Waals surface area contributed by atoms with Crippen molar-refractivity contribution in [1.29, 1.82) is 0 Å². The molecule has 3 N–H and O–H groups in total. The van der Waals surface area contributed by atoms with Crippen LogP contribution < -0.4 is 10.8 Å². The molecule has 4 rings (SSSR count). The summed E-state index contributed by atoms with van der Waals surface area (Å²) in [5, 5.41) is 13.5. The summed E-state index contributed by atoms with van der Waals surface area (Å²) < 4.78 is 19.2. The van der Waals surface area contributed by atoms with Gasteiger partial charge in [-0.3, -0.25) is 4.79 Å². The van der Waals surface area contributed by atoms with E-state index in [-0.39, 0.29) is 12.2 Å². The summed E-state index contributed by atoms with van der Waals surface area (Å²) in [4.78, 5) is 15.5. The van der Waals surface area contributed by atoms with Crippen molar-refractivity contribution in [2.45, 2.75) is 13.0 Å². The third-order valence-electron chi connectivity index (χ3n) is 4.49. The molecule has 0 saturated carbocycles. The monoisotopic (exact) mass is 338 g/mol. The Balaban J connectivity index is 1.45. The first kappa shape index (κ1) is 15.9. The maximum absolute atomic E-state index is 14.1. The van der Waals surface area contributed by atoms with E-state index in [4.69, 9.17) is 4.65 Å². The Hall–Kier alpha value is -2.64. The lowest BCUT2D eigenvalue weighted by molar-refractivity contribution is 0.0950. The molecule has 0 fully saturated rings. The Bertz CT molecular complexity index is 957. The maximum Gasteiger partial charge on any atom is 0.491 e. The number of para-hydroxylation sites is 1. The SMILES string of the molecule is O=C(NCCc1c[nH]c2ccccc12)c1cc2c(cc1F)COB2O. The maximum atomic E-state index is 14.1. The van der Waals surface area contributed by atoms with Crippen LogP contribution in [0.15, 0.2) is 42.6 Å². The lowest BCUT2D eigenvalue weighted by Gasteiger charge is -2.08. The van der Waals surface area contributed by atoms with E-state index >= 15 is 0 Å². The number of halogens is 1. The molecule has 5 nitrogen and oxygen atoms in total. The van der Waals surface area contributed by atoms with Gasteiger partial charge in [-0.25, -0.2) is 4.39 Å². The number of rotatable bonds is 4. The van der Waals surface area contributed by atoms with Crippen LogP contribution in [0.4, 0.5) is 4.39 Å². The van der Waals surface area contributed by atoms with Crippen molar-refractivity contribution in [3.63, 3.8) is 0 Å². The number of fused-ring (bicyclic) bond motifs is 2. The molecule has 7 heteroatoms. The van der Waals surface area contributed by atoms with Gasteiger partial charge in [-0.1, -0.05) is 18.2 Å². The third-order valence-corrected chi connectivity index (χ3v) is 4.49. The first-order valence-corrected chi connectivity index (χ1v) is 8.08. The molecule has 1 aliphatic heterocycles. The standard InChI is InChI=1S/C18H16BFN2O3/c20-16-7-12-10-25-19(24)15(12)8-14(16)18(23)21-6-5-11-9-22-17-4-2-1-3-13(11)17/h1-4,7-9,22,24H,5-6,10H2,(H,21,23). The highest BCUT2D eigenvalue weighted by atomic mass is 19.1. The molecule has 0 radical (unpaired) electrons. The van der Waals surface area contributed by atoms with Crippen molar-refractivity contribution in [2.75, 3.05) is 6.54 Å². The molecule has 2 heterocycles. The van der Waals surface area contributed by atoms with Crippen molar-refractivity contribution >= 4 is 29.4 Å². The molecule has 0 atom stereocenters. The van der Waals surface area contributed by atoms with Gasteiger partial charge in [0.05, 0.1) is 12.2 Å². The molecule has 0 saturated heterocycles. The minimum Gasteiger partial charge on any atom is -0.423 e. The Labute approximate surface area is 144 Å². The number of H-pyrrole nitrogens is 1. The summed E-state index contributed by atoms with van der Waals surface area (Å²) >= 11 is 0. The highest BCUT2D eigenvalue weighted by Crippen LogP contribution is 2.18. The number of hydrogen-bond donors (Lipinski definition) is 3. The van der Waals surface area contributed by atoms with Crippen LogP contribution >= 0.6 is 0 Å². The molecule has 3 aromatic rings. The van der Waals surface area contributed by atoms with Crippen molar-refractivity contribution in [1.82, 2.24) is 10.3 Å². The Morgan fingerprint density at radius 2 is 2.20 bits per heavy atom. The first-order valence-electron chi connectivity index (χ1n) is 8.08. The van der Waals surface area contributed by atoms with Gasteiger partial charge in [-0.15, -0.1) is 0 Å². The molecule has 25 heavy (non-hydrogen) atoms. The summed E-state index contributed by atoms with van der Waals surface area (Å²) in [6, 6.07) is 10.5. The largest absolute Gasteiger partial charge is 0.491 e. The fourth-order valence-electron chi connectivity index (χ4n) is 3.16. The third kappa shape index (κ3) is 2.92. The van der Waals surface area contributed by atoms with Gasteiger partial charge in [0.25, 0.3) is 5.91 Å². The second-order valence-electron chi connectivity index (χ2n) is 6.06. The van der Waals surface area contributed by atoms with E-state index in [1.54, 1.807) is 0 Å². The van der Waals surface area contributed by atoms with Crippen molar-refractivity contribution in [2.24, 2.45) is 0 Å². The second-order valence-corrected chi connectivity index (χ2v) is 6.06. The van der Waals surface area contributed by atoms with Gasteiger partial charge in [0.15, 0.2) is 0 Å². The molecule has 0 bridgehead atoms. The van der Waals surface area contributed by atoms with Gasteiger partial charge >= 0.3 is 7.12 Å². The number of aromatic nitrogens is 1. The summed E-state index contributed by atoms with van der Waals surface area (Å²) in [6.07, 6.45) is 2.55. The molecule has 0 spiro atoms. The Morgan fingerprint density at radius 3 is 3.08 bits per heavy atom. The van der Waals surface area contributed by atoms with E-state index in [0.29, 0.717) is 24.0 Å². The fraction of sp³-hybridized carbons (Fsp3) is 0.167. The van der Waals surface area contributed by atoms with E-state index in [1.807, 2.05) is 30.5 Å². The van der Waals surface area contributed by atoms with Gasteiger partial charge in [-0.2, -0.15) is 0 Å². The summed E-state index contributed by atoms with van der Waals surface area (Å²) in [7, 11) is -1.10. The predicted molar refractivity (Wildman–Crippen MR) is 93.1 cm³/mol. The quantitative estimate of drug-likeness (QED) is 0.631. The van der Waals surface area contributed by atoms with Gasteiger partial charge in [0.1, 0.15) is 5.82 Å². The lowest BCUT2D eigenvalue weighted by Crippen LogP contribution is -2.32. The van der Waals surface area contributed by atoms with Crippen molar-refractivity contribution in [3.05, 3.63) is 65.1 Å². The summed E-state index contributed by atoms with van der Waals surface area (Å²) in [5.41, 5.74) is 3.07. The van der Waals surface area contributed by atoms with Crippen LogP contribution in [0, 0.1) is 5.82 Å². The van der Waals surface area contributed by atoms with Gasteiger partial charge < -0.3 is 20.0 Å². The van der Waals surface area contributed by atoms with E-state index in [1.165, 1.54) is 12.1 Å². The van der Waals surface area contributed by atoms with Crippen LogP contribution in [-0.2, 0) is 17.7 Å². The summed E-state index contributed by atoms with van der Waals surface area (Å²) in [6.45, 7) is 0.534. The smallest absolute Gasteiger partial charge is 0.423 e. The Kier molecular flexibility index (Phi) is 4.03. The average Bonchev–Trinajstić information content (AvgIpc) is 3.18. The number of amides is 1. The molecule has 0 aliphatic carbocycles. The fourth-order valence-corrected chi connectivity index (χ4v) is 3.16. The van der Waals surface area contributed by atoms with Crippen LogP contribution in [0.2, 0.25) is 0 Å². The van der Waals surface area contributed by atoms with Crippen molar-refractivity contribution < 1.29 is 18.9 Å². The number of benzene rings is 2. The molecule has 126 valence electrons. The zero-order chi connectivity index (χ0) is 17.4. The number of nitrogens with one attached hydrogen (secondary N) is 2. The van der Waals surface area contributed by atoms with E-state index in [0.717, 1.165) is 16.5 Å². The zero-order valence-corrected chi connectivity index (χ0v) is 13.4. The van der Waals surface area contributed by atoms with E-state index in [9.17, 15) is 14.2 Å². The van der Waals surface area contributed by atoms with Crippen LogP contribution in [0.1, 0.15) is 21.5 Å². The van der Waals surface area contributed by atoms with Gasteiger partial charge in [-0.05, 0) is 41.2 Å². The van der Waals surface area contributed by atoms with Crippen molar-refractivity contribution in [3.8, 4) is 0 Å². The molecule has 1 aromatic heterocycles. The molecule has 1 amide bonds. The second kappa shape index (κ2) is 6.35. The first-order chi connectivity index (χ1) is 12.1. The number of carbonyl (C=O) groups is 1. The average molecular weight is 338 g/mol. The van der Waals surface area contributed by atoms with E-state index < -0.39 is 18.8 Å². The van der Waals surface area contributed by atoms with Crippen LogP contribution in [-0.4, -0.2) is 29.6 Å². The predicted octanol–water partition coefficient (Wildman–Crippen LogP) is 1.50. The summed E-state index contributed by atoms with van der Waals surface area (Å²) in [5.74, 6) is -1.11. The molecule has 0 unspecified atom stereocenters. The minimum atomic E-state index is -1.10. The van der Waals surface area contributed by atoms with Crippen LogP contribution in [0.5, 0.6) is 0 Å². The van der Waals surface area contributed by atoms with Gasteiger partial charge in [0.2, 0.25) is 0 Å². The minimum absolute atomic E-state index is 0.0813. The van der Waals surface area contributed by atoms with Gasteiger partial charge in [0, 0.05) is 23.6 Å². The normalized spacial score (nSPS) is 13.3.